The van der Waals surface area contributed by atoms with E-state index in [-0.39, 0.29) is 29.4 Å². The molecule has 0 aromatic carbocycles. The SMILES string of the molecule is CC1[N+](C)=C2C=CC(=S(=O)=O)C=C2C1(C)C.[I-]. The first kappa shape index (κ1) is 14.6. The highest BCUT2D eigenvalue weighted by atomic mass is 127. The lowest BCUT2D eigenvalue weighted by Gasteiger charge is -2.21. The quantitative estimate of drug-likeness (QED) is 0.284. The Labute approximate surface area is 120 Å². The number of allylic oxidation sites excluding steroid dienone is 3. The lowest BCUT2D eigenvalue weighted by atomic mass is 9.78. The minimum atomic E-state index is -2.15. The highest BCUT2D eigenvalue weighted by Crippen LogP contribution is 2.39. The molecule has 0 amide bonds. The summed E-state index contributed by atoms with van der Waals surface area (Å²) in [6.45, 7) is 6.46. The fourth-order valence-electron chi connectivity index (χ4n) is 2.36. The number of rotatable bonds is 0. The summed E-state index contributed by atoms with van der Waals surface area (Å²) >= 11 is 0. The molecule has 0 bridgehead atoms. The van der Waals surface area contributed by atoms with Crippen LogP contribution in [0.4, 0.5) is 0 Å². The van der Waals surface area contributed by atoms with Gasteiger partial charge >= 0.3 is 0 Å². The van der Waals surface area contributed by atoms with Gasteiger partial charge in [-0.05, 0) is 32.9 Å². The standard InChI is InChI=1S/C12H16NO2S.HI/c1-8-12(2,3)10-7-9(16(14)15)5-6-11(10)13(8)4;/h5-8H,1-4H3;1H/q+1;/p-1. The van der Waals surface area contributed by atoms with Crippen LogP contribution >= 0.6 is 0 Å². The third-order valence-electron chi connectivity index (χ3n) is 3.86. The maximum atomic E-state index is 11.0. The van der Waals surface area contributed by atoms with E-state index in [0.29, 0.717) is 10.9 Å². The predicted molar refractivity (Wildman–Crippen MR) is 65.6 cm³/mol. The maximum Gasteiger partial charge on any atom is 0.221 e. The van der Waals surface area contributed by atoms with Gasteiger partial charge in [-0.1, -0.05) is 0 Å². The van der Waals surface area contributed by atoms with Crippen molar-refractivity contribution in [2.24, 2.45) is 5.41 Å². The molecule has 0 spiro atoms. The minimum absolute atomic E-state index is 0. The van der Waals surface area contributed by atoms with Crippen molar-refractivity contribution in [1.82, 2.24) is 0 Å². The van der Waals surface area contributed by atoms with Crippen LogP contribution in [0.1, 0.15) is 20.8 Å². The summed E-state index contributed by atoms with van der Waals surface area (Å²) in [6.07, 6.45) is 5.34. The topological polar surface area (TPSA) is 37.1 Å². The van der Waals surface area contributed by atoms with Crippen molar-refractivity contribution in [2.75, 3.05) is 7.05 Å². The fourth-order valence-corrected chi connectivity index (χ4v) is 2.75. The molecule has 0 aromatic heterocycles. The smallest absolute Gasteiger partial charge is 0.221 e. The van der Waals surface area contributed by atoms with Crippen molar-refractivity contribution in [2.45, 2.75) is 26.8 Å². The molecule has 0 aromatic rings. The van der Waals surface area contributed by atoms with Crippen LogP contribution in [0.15, 0.2) is 23.8 Å². The third-order valence-corrected chi connectivity index (χ3v) is 4.50. The first-order valence-electron chi connectivity index (χ1n) is 5.32. The summed E-state index contributed by atoms with van der Waals surface area (Å²) in [6, 6.07) is 0.373. The van der Waals surface area contributed by atoms with Crippen molar-refractivity contribution in [3.63, 3.8) is 0 Å². The third kappa shape index (κ3) is 2.14. The van der Waals surface area contributed by atoms with Gasteiger partial charge in [-0.25, -0.2) is 4.58 Å². The van der Waals surface area contributed by atoms with Gasteiger partial charge in [0.05, 0.1) is 10.3 Å². The second kappa shape index (κ2) is 4.68. The van der Waals surface area contributed by atoms with Gasteiger partial charge in [-0.3, -0.25) is 0 Å². The maximum absolute atomic E-state index is 11.0. The van der Waals surface area contributed by atoms with E-state index in [0.717, 1.165) is 11.3 Å². The van der Waals surface area contributed by atoms with E-state index < -0.39 is 10.3 Å². The van der Waals surface area contributed by atoms with Crippen molar-refractivity contribution in [3.05, 3.63) is 23.8 Å². The van der Waals surface area contributed by atoms with Crippen LogP contribution in [0.3, 0.4) is 0 Å². The van der Waals surface area contributed by atoms with Gasteiger partial charge < -0.3 is 24.0 Å². The molecule has 3 nitrogen and oxygen atoms in total. The number of halogens is 1. The van der Waals surface area contributed by atoms with Crippen LogP contribution in [-0.4, -0.2) is 36.7 Å². The summed E-state index contributed by atoms with van der Waals surface area (Å²) in [5, 5.41) is 0. The first-order chi connectivity index (χ1) is 7.35. The number of hydrogen-bond acceptors (Lipinski definition) is 2. The van der Waals surface area contributed by atoms with E-state index in [4.69, 9.17) is 0 Å². The molecule has 1 heterocycles. The van der Waals surface area contributed by atoms with E-state index in [1.54, 1.807) is 12.2 Å². The molecule has 94 valence electrons. The number of fused-ring (bicyclic) bond motifs is 1. The minimum Gasteiger partial charge on any atom is -1.00 e. The van der Waals surface area contributed by atoms with Crippen molar-refractivity contribution >= 4 is 20.9 Å². The molecule has 5 heteroatoms. The number of nitrogens with zero attached hydrogens (tertiary/aromatic N) is 1. The molecular weight excluding hydrogens is 349 g/mol. The normalized spacial score (nSPS) is 25.3. The highest BCUT2D eigenvalue weighted by molar-refractivity contribution is 7.73. The average molecular weight is 365 g/mol. The van der Waals surface area contributed by atoms with Crippen LogP contribution in [0.5, 0.6) is 0 Å². The highest BCUT2D eigenvalue weighted by Gasteiger charge is 2.47. The molecule has 0 saturated heterocycles. The Morgan fingerprint density at radius 2 is 1.88 bits per heavy atom. The lowest BCUT2D eigenvalue weighted by molar-refractivity contribution is -0.537. The molecule has 17 heavy (non-hydrogen) atoms. The Morgan fingerprint density at radius 3 is 2.41 bits per heavy atom. The zero-order valence-electron chi connectivity index (χ0n) is 10.4. The van der Waals surface area contributed by atoms with E-state index in [1.807, 2.05) is 13.1 Å². The molecule has 1 aliphatic heterocycles. The average Bonchev–Trinajstić information content (AvgIpc) is 2.40. The van der Waals surface area contributed by atoms with Crippen LogP contribution in [0.2, 0.25) is 0 Å². The predicted octanol–water partition coefficient (Wildman–Crippen LogP) is -1.95. The molecule has 1 aliphatic carbocycles. The zero-order chi connectivity index (χ0) is 12.1. The van der Waals surface area contributed by atoms with Gasteiger partial charge in [0.2, 0.25) is 16.0 Å². The van der Waals surface area contributed by atoms with Crippen LogP contribution in [0, 0.1) is 5.41 Å². The fraction of sp³-hybridized carbons (Fsp3) is 0.500. The Bertz CT molecular complexity index is 572. The molecule has 0 N–H and O–H groups in total. The van der Waals surface area contributed by atoms with E-state index in [1.165, 1.54) is 0 Å². The summed E-state index contributed by atoms with van der Waals surface area (Å²) in [7, 11) is -0.0978. The Kier molecular flexibility index (Phi) is 4.03. The van der Waals surface area contributed by atoms with Gasteiger partial charge in [0.15, 0.2) is 6.04 Å². The van der Waals surface area contributed by atoms with E-state index >= 15 is 0 Å². The Morgan fingerprint density at radius 1 is 1.29 bits per heavy atom. The molecule has 0 radical (unpaired) electrons. The second-order valence-corrected chi connectivity index (χ2v) is 5.86. The van der Waals surface area contributed by atoms with Crippen LogP contribution < -0.4 is 24.0 Å². The van der Waals surface area contributed by atoms with Crippen LogP contribution in [-0.2, 0) is 10.3 Å². The van der Waals surface area contributed by atoms with Gasteiger partial charge in [0.25, 0.3) is 0 Å². The monoisotopic (exact) mass is 365 g/mol. The Hall–Kier alpha value is -0.430. The number of hydrogen-bond donors (Lipinski definition) is 0. The first-order valence-corrected chi connectivity index (χ1v) is 6.40. The molecular formula is C12H16INO2S. The molecule has 0 fully saturated rings. The molecule has 0 saturated carbocycles. The molecule has 2 rings (SSSR count). The summed E-state index contributed by atoms with van der Waals surface area (Å²) in [5.74, 6) is 0. The van der Waals surface area contributed by atoms with Crippen molar-refractivity contribution in [1.29, 1.82) is 0 Å². The summed E-state index contributed by atoms with van der Waals surface area (Å²) < 4.78 is 24.1. The van der Waals surface area contributed by atoms with Crippen LogP contribution in [0.25, 0.3) is 0 Å². The largest absolute Gasteiger partial charge is 1.00 e. The van der Waals surface area contributed by atoms with Crippen molar-refractivity contribution < 1.29 is 37.0 Å². The zero-order valence-corrected chi connectivity index (χ0v) is 13.3. The second-order valence-electron chi connectivity index (χ2n) is 4.92. The van der Waals surface area contributed by atoms with Gasteiger partial charge in [-0.2, -0.15) is 8.42 Å². The summed E-state index contributed by atoms with van der Waals surface area (Å²) in [4.78, 5) is 0.370. The van der Waals surface area contributed by atoms with Gasteiger partial charge in [0, 0.05) is 11.6 Å². The molecule has 1 unspecified atom stereocenters. The molecule has 1 atom stereocenters. The van der Waals surface area contributed by atoms with Crippen molar-refractivity contribution in [3.8, 4) is 0 Å². The van der Waals surface area contributed by atoms with E-state index in [9.17, 15) is 8.42 Å². The lowest BCUT2D eigenvalue weighted by Crippen LogP contribution is -3.00. The Balaban J connectivity index is 0.00000144. The van der Waals surface area contributed by atoms with Gasteiger partial charge in [0.1, 0.15) is 7.05 Å². The van der Waals surface area contributed by atoms with E-state index in [2.05, 4.69) is 25.3 Å². The molecule has 2 aliphatic rings. The van der Waals surface area contributed by atoms with Gasteiger partial charge in [-0.15, -0.1) is 0 Å². The summed E-state index contributed by atoms with van der Waals surface area (Å²) in [5.41, 5.74) is 2.23.